The van der Waals surface area contributed by atoms with Gasteiger partial charge in [-0.2, -0.15) is 0 Å². The van der Waals surface area contributed by atoms with Crippen LogP contribution in [0, 0.1) is 0 Å². The lowest BCUT2D eigenvalue weighted by Gasteiger charge is -2.11. The molecule has 116 valence electrons. The molecule has 0 heterocycles. The van der Waals surface area contributed by atoms with Crippen molar-refractivity contribution in [2.45, 2.75) is 40.2 Å². The summed E-state index contributed by atoms with van der Waals surface area (Å²) in [5, 5.41) is 0. The van der Waals surface area contributed by atoms with E-state index in [1.165, 1.54) is 13.8 Å². The zero-order valence-corrected chi connectivity index (χ0v) is 12.9. The molecule has 1 aromatic rings. The summed E-state index contributed by atoms with van der Waals surface area (Å²) in [6, 6.07) is 9.66. The average molecular weight is 294 g/mol. The molecule has 0 bridgehead atoms. The molecule has 0 amide bonds. The van der Waals surface area contributed by atoms with Gasteiger partial charge in [0.05, 0.1) is 6.61 Å². The molecule has 0 spiro atoms. The maximum absolute atomic E-state index is 10.6. The van der Waals surface area contributed by atoms with Crippen LogP contribution in [0.2, 0.25) is 0 Å². The highest BCUT2D eigenvalue weighted by Gasteiger charge is 2.06. The first-order valence-corrected chi connectivity index (χ1v) is 6.74. The number of carbonyl (C=O) groups is 3. The zero-order valence-electron chi connectivity index (χ0n) is 12.9. The van der Waals surface area contributed by atoms with Crippen molar-refractivity contribution in [3.63, 3.8) is 0 Å². The van der Waals surface area contributed by atoms with Crippen LogP contribution in [0.1, 0.15) is 45.8 Å². The van der Waals surface area contributed by atoms with Gasteiger partial charge < -0.3 is 9.47 Å². The van der Waals surface area contributed by atoms with E-state index in [1.54, 1.807) is 6.92 Å². The minimum absolute atomic E-state index is 0.103. The minimum Gasteiger partial charge on any atom is -0.466 e. The molecule has 0 aliphatic heterocycles. The fraction of sp³-hybridized carbons (Fsp3) is 0.438. The van der Waals surface area contributed by atoms with E-state index in [0.717, 1.165) is 5.56 Å². The summed E-state index contributed by atoms with van der Waals surface area (Å²) in [5.74, 6) is -0.843. The Balaban J connectivity index is 0.000000400. The molecule has 0 saturated heterocycles. The standard InChI is InChI=1S/C10H12O2.C6H10O3/c1-8(12-9(2)11)10-6-4-3-5-7-10;1-3-9-6(8)4-5(2)7/h3-8H,1-2H3;3-4H2,1-2H3. The fourth-order valence-corrected chi connectivity index (χ4v) is 1.46. The molecule has 0 saturated carbocycles. The monoisotopic (exact) mass is 294 g/mol. The van der Waals surface area contributed by atoms with Crippen LogP contribution < -0.4 is 0 Å². The summed E-state index contributed by atoms with van der Waals surface area (Å²) >= 11 is 0. The average Bonchev–Trinajstić information content (AvgIpc) is 2.39. The van der Waals surface area contributed by atoms with Gasteiger partial charge in [-0.15, -0.1) is 0 Å². The molecule has 1 rings (SSSR count). The van der Waals surface area contributed by atoms with E-state index in [9.17, 15) is 14.4 Å². The first-order chi connectivity index (χ1) is 9.86. The highest BCUT2D eigenvalue weighted by Crippen LogP contribution is 2.15. The van der Waals surface area contributed by atoms with Gasteiger partial charge in [0.15, 0.2) is 0 Å². The lowest BCUT2D eigenvalue weighted by atomic mass is 10.1. The third kappa shape index (κ3) is 10.3. The highest BCUT2D eigenvalue weighted by atomic mass is 16.5. The number of Topliss-reactive ketones (excluding diaryl/α,β-unsaturated/α-hetero) is 1. The van der Waals surface area contributed by atoms with Gasteiger partial charge in [-0.05, 0) is 26.3 Å². The molecule has 0 N–H and O–H groups in total. The second kappa shape index (κ2) is 10.6. The lowest BCUT2D eigenvalue weighted by Crippen LogP contribution is -2.07. The van der Waals surface area contributed by atoms with Crippen molar-refractivity contribution < 1.29 is 23.9 Å². The SMILES string of the molecule is CC(=O)OC(C)c1ccccc1.CCOC(=O)CC(C)=O. The first-order valence-electron chi connectivity index (χ1n) is 6.74. The van der Waals surface area contributed by atoms with E-state index in [0.29, 0.717) is 6.61 Å². The van der Waals surface area contributed by atoms with Gasteiger partial charge in [0.25, 0.3) is 0 Å². The van der Waals surface area contributed by atoms with Gasteiger partial charge >= 0.3 is 11.9 Å². The molecule has 0 aliphatic rings. The van der Waals surface area contributed by atoms with Gasteiger partial charge in [-0.3, -0.25) is 14.4 Å². The van der Waals surface area contributed by atoms with Crippen LogP contribution in [0.5, 0.6) is 0 Å². The molecule has 1 unspecified atom stereocenters. The third-order valence-electron chi connectivity index (χ3n) is 2.31. The van der Waals surface area contributed by atoms with Crippen molar-refractivity contribution in [1.82, 2.24) is 0 Å². The Bertz CT molecular complexity index is 453. The van der Waals surface area contributed by atoms with E-state index < -0.39 is 5.97 Å². The molecule has 1 aromatic carbocycles. The Hall–Kier alpha value is -2.17. The molecule has 0 aliphatic carbocycles. The Kier molecular flexibility index (Phi) is 9.50. The Labute approximate surface area is 125 Å². The quantitative estimate of drug-likeness (QED) is 0.617. The van der Waals surface area contributed by atoms with Crippen LogP contribution in [-0.4, -0.2) is 24.3 Å². The number of hydrogen-bond acceptors (Lipinski definition) is 5. The van der Waals surface area contributed by atoms with Crippen molar-refractivity contribution in [1.29, 1.82) is 0 Å². The number of esters is 2. The summed E-state index contributed by atoms with van der Waals surface area (Å²) in [6.45, 7) is 6.68. The van der Waals surface area contributed by atoms with Crippen LogP contribution >= 0.6 is 0 Å². The Morgan fingerprint density at radius 1 is 1.10 bits per heavy atom. The van der Waals surface area contributed by atoms with E-state index >= 15 is 0 Å². The fourth-order valence-electron chi connectivity index (χ4n) is 1.46. The molecular formula is C16H22O5. The van der Waals surface area contributed by atoms with Crippen LogP contribution in [0.15, 0.2) is 30.3 Å². The third-order valence-corrected chi connectivity index (χ3v) is 2.31. The highest BCUT2D eigenvalue weighted by molar-refractivity contribution is 5.94. The van der Waals surface area contributed by atoms with Crippen molar-refractivity contribution in [2.75, 3.05) is 6.61 Å². The Morgan fingerprint density at radius 3 is 2.10 bits per heavy atom. The smallest absolute Gasteiger partial charge is 0.313 e. The molecule has 0 aromatic heterocycles. The largest absolute Gasteiger partial charge is 0.466 e. The Morgan fingerprint density at radius 2 is 1.67 bits per heavy atom. The van der Waals surface area contributed by atoms with Gasteiger partial charge in [0.1, 0.15) is 18.3 Å². The van der Waals surface area contributed by atoms with Gasteiger partial charge in [-0.25, -0.2) is 0 Å². The molecule has 1 atom stereocenters. The predicted octanol–water partition coefficient (Wildman–Crippen LogP) is 2.84. The van der Waals surface area contributed by atoms with Gasteiger partial charge in [-0.1, -0.05) is 30.3 Å². The lowest BCUT2D eigenvalue weighted by molar-refractivity contribution is -0.146. The van der Waals surface area contributed by atoms with Crippen molar-refractivity contribution in [2.24, 2.45) is 0 Å². The molecule has 5 heteroatoms. The first kappa shape index (κ1) is 18.8. The summed E-state index contributed by atoms with van der Waals surface area (Å²) in [4.78, 5) is 31.2. The maximum Gasteiger partial charge on any atom is 0.313 e. The topological polar surface area (TPSA) is 69.7 Å². The zero-order chi connectivity index (χ0) is 16.3. The van der Waals surface area contributed by atoms with Crippen molar-refractivity contribution >= 4 is 17.7 Å². The number of ether oxygens (including phenoxy) is 2. The summed E-state index contributed by atoms with van der Waals surface area (Å²) in [7, 11) is 0. The molecule has 5 nitrogen and oxygen atoms in total. The number of ketones is 1. The number of carbonyl (C=O) groups excluding carboxylic acids is 3. The number of hydrogen-bond donors (Lipinski definition) is 0. The van der Waals surface area contributed by atoms with Crippen LogP contribution in [0.4, 0.5) is 0 Å². The summed E-state index contributed by atoms with van der Waals surface area (Å²) < 4.78 is 9.49. The molecular weight excluding hydrogens is 272 g/mol. The summed E-state index contributed by atoms with van der Waals surface area (Å²) in [6.07, 6.45) is -0.253. The van der Waals surface area contributed by atoms with Crippen LogP contribution in [0.3, 0.4) is 0 Å². The second-order valence-electron chi connectivity index (χ2n) is 4.35. The predicted molar refractivity (Wildman–Crippen MR) is 78.6 cm³/mol. The molecule has 0 radical (unpaired) electrons. The van der Waals surface area contributed by atoms with E-state index in [2.05, 4.69) is 4.74 Å². The van der Waals surface area contributed by atoms with Gasteiger partial charge in [0, 0.05) is 6.92 Å². The minimum atomic E-state index is -0.440. The van der Waals surface area contributed by atoms with E-state index in [4.69, 9.17) is 4.74 Å². The van der Waals surface area contributed by atoms with E-state index in [-0.39, 0.29) is 24.3 Å². The van der Waals surface area contributed by atoms with Gasteiger partial charge in [0.2, 0.25) is 0 Å². The normalized spacial score (nSPS) is 10.7. The van der Waals surface area contributed by atoms with E-state index in [1.807, 2.05) is 37.3 Å². The molecule has 0 fully saturated rings. The summed E-state index contributed by atoms with van der Waals surface area (Å²) in [5.41, 5.74) is 1.02. The maximum atomic E-state index is 10.6. The van der Waals surface area contributed by atoms with Crippen LogP contribution in [0.25, 0.3) is 0 Å². The second-order valence-corrected chi connectivity index (χ2v) is 4.35. The van der Waals surface area contributed by atoms with Crippen molar-refractivity contribution in [3.8, 4) is 0 Å². The molecule has 21 heavy (non-hydrogen) atoms. The number of benzene rings is 1. The van der Waals surface area contributed by atoms with Crippen LogP contribution in [-0.2, 0) is 23.9 Å². The van der Waals surface area contributed by atoms with Crippen molar-refractivity contribution in [3.05, 3.63) is 35.9 Å². The number of rotatable bonds is 5.